The first-order valence-corrected chi connectivity index (χ1v) is 12.0. The van der Waals surface area contributed by atoms with Gasteiger partial charge in [-0.05, 0) is 87.9 Å². The molecule has 0 aromatic heterocycles. The van der Waals surface area contributed by atoms with Crippen LogP contribution in [0.15, 0.2) is 24.3 Å². The fourth-order valence-corrected chi connectivity index (χ4v) is 5.48. The second-order valence-electron chi connectivity index (χ2n) is 9.32. The molecule has 2 aliphatic rings. The summed E-state index contributed by atoms with van der Waals surface area (Å²) in [6, 6.07) is 2.09. The van der Waals surface area contributed by atoms with Crippen LogP contribution in [0.1, 0.15) is 110 Å². The van der Waals surface area contributed by atoms with Crippen molar-refractivity contribution in [3.05, 3.63) is 24.3 Å². The zero-order chi connectivity index (χ0) is 19.3. The van der Waals surface area contributed by atoms with Crippen LogP contribution in [-0.2, 0) is 0 Å². The molecule has 0 unspecified atom stereocenters. The lowest BCUT2D eigenvalue weighted by Crippen LogP contribution is -2.23. The van der Waals surface area contributed by atoms with E-state index in [0.717, 1.165) is 30.1 Å². The van der Waals surface area contributed by atoms with Gasteiger partial charge in [0.1, 0.15) is 0 Å². The molecule has 0 atom stereocenters. The SMILES string of the molecule is C=C([C@H]1CC[C@H](CC/C=C/C#N)CC1)[C@H]1CC[C@H](CCCCCCC)CC1. The first-order valence-electron chi connectivity index (χ1n) is 12.0. The van der Waals surface area contributed by atoms with Crippen LogP contribution in [0, 0.1) is 35.0 Å². The lowest BCUT2D eigenvalue weighted by atomic mass is 9.70. The van der Waals surface area contributed by atoms with Gasteiger partial charge in [0.05, 0.1) is 6.07 Å². The maximum atomic E-state index is 8.57. The average molecular weight is 370 g/mol. The van der Waals surface area contributed by atoms with Gasteiger partial charge in [-0.3, -0.25) is 0 Å². The van der Waals surface area contributed by atoms with E-state index < -0.39 is 0 Å². The smallest absolute Gasteiger partial charge is 0.0908 e. The Morgan fingerprint density at radius 1 is 0.852 bits per heavy atom. The highest BCUT2D eigenvalue weighted by atomic mass is 14.3. The molecular weight excluding hydrogens is 326 g/mol. The number of allylic oxidation sites excluding steroid dienone is 3. The average Bonchev–Trinajstić information content (AvgIpc) is 2.71. The fraction of sp³-hybridized carbons (Fsp3) is 0.808. The zero-order valence-corrected chi connectivity index (χ0v) is 17.9. The van der Waals surface area contributed by atoms with E-state index in [9.17, 15) is 0 Å². The maximum Gasteiger partial charge on any atom is 0.0908 e. The summed E-state index contributed by atoms with van der Waals surface area (Å²) in [6.45, 7) is 6.89. The first-order chi connectivity index (χ1) is 13.2. The van der Waals surface area contributed by atoms with Crippen molar-refractivity contribution in [3.63, 3.8) is 0 Å². The van der Waals surface area contributed by atoms with Crippen LogP contribution >= 0.6 is 0 Å². The van der Waals surface area contributed by atoms with Crippen molar-refractivity contribution >= 4 is 0 Å². The normalized spacial score (nSPS) is 28.9. The quantitative estimate of drug-likeness (QED) is 0.204. The van der Waals surface area contributed by atoms with Crippen molar-refractivity contribution < 1.29 is 0 Å². The topological polar surface area (TPSA) is 23.8 Å². The van der Waals surface area contributed by atoms with Gasteiger partial charge in [0, 0.05) is 6.08 Å². The van der Waals surface area contributed by atoms with E-state index in [4.69, 9.17) is 5.26 Å². The maximum absolute atomic E-state index is 8.57. The van der Waals surface area contributed by atoms with Crippen LogP contribution < -0.4 is 0 Å². The number of rotatable bonds is 11. The molecule has 0 saturated heterocycles. The van der Waals surface area contributed by atoms with Crippen LogP contribution in [0.5, 0.6) is 0 Å². The van der Waals surface area contributed by atoms with Crippen LogP contribution in [0.4, 0.5) is 0 Å². The van der Waals surface area contributed by atoms with Crippen LogP contribution in [-0.4, -0.2) is 0 Å². The van der Waals surface area contributed by atoms with E-state index in [-0.39, 0.29) is 0 Å². The van der Waals surface area contributed by atoms with E-state index in [1.165, 1.54) is 96.3 Å². The minimum atomic E-state index is 0.798. The largest absolute Gasteiger partial charge is 0.193 e. The minimum absolute atomic E-state index is 0.798. The van der Waals surface area contributed by atoms with E-state index in [1.807, 2.05) is 6.08 Å². The Morgan fingerprint density at radius 3 is 1.96 bits per heavy atom. The summed E-state index contributed by atoms with van der Waals surface area (Å²) in [5.74, 6) is 3.50. The molecule has 0 spiro atoms. The highest BCUT2D eigenvalue weighted by molar-refractivity contribution is 5.08. The van der Waals surface area contributed by atoms with Gasteiger partial charge in [0.25, 0.3) is 0 Å². The summed E-state index contributed by atoms with van der Waals surface area (Å²) in [5.41, 5.74) is 1.61. The Kier molecular flexibility index (Phi) is 10.9. The third-order valence-corrected chi connectivity index (χ3v) is 7.39. The number of nitrogens with zero attached hydrogens (tertiary/aromatic N) is 1. The van der Waals surface area contributed by atoms with Gasteiger partial charge in [0.15, 0.2) is 0 Å². The van der Waals surface area contributed by atoms with Crippen molar-refractivity contribution in [2.75, 3.05) is 0 Å². The molecule has 0 amide bonds. The number of nitriles is 1. The highest BCUT2D eigenvalue weighted by Gasteiger charge is 2.29. The van der Waals surface area contributed by atoms with Crippen LogP contribution in [0.2, 0.25) is 0 Å². The monoisotopic (exact) mass is 369 g/mol. The van der Waals surface area contributed by atoms with Gasteiger partial charge in [-0.25, -0.2) is 0 Å². The number of unbranched alkanes of at least 4 members (excludes halogenated alkanes) is 4. The summed E-state index contributed by atoms with van der Waals surface area (Å²) < 4.78 is 0. The third kappa shape index (κ3) is 8.25. The van der Waals surface area contributed by atoms with Gasteiger partial charge in [-0.2, -0.15) is 5.26 Å². The van der Waals surface area contributed by atoms with Crippen molar-refractivity contribution in [1.29, 1.82) is 5.26 Å². The van der Waals surface area contributed by atoms with E-state index in [1.54, 1.807) is 11.6 Å². The summed E-state index contributed by atoms with van der Waals surface area (Å²) in [6.07, 6.45) is 25.8. The second-order valence-corrected chi connectivity index (χ2v) is 9.32. The molecule has 0 aromatic carbocycles. The molecule has 1 nitrogen and oxygen atoms in total. The number of hydrogen-bond acceptors (Lipinski definition) is 1. The van der Waals surface area contributed by atoms with Crippen molar-refractivity contribution in [1.82, 2.24) is 0 Å². The van der Waals surface area contributed by atoms with Crippen LogP contribution in [0.3, 0.4) is 0 Å². The van der Waals surface area contributed by atoms with Gasteiger partial charge in [-0.1, -0.05) is 63.7 Å². The van der Waals surface area contributed by atoms with E-state index >= 15 is 0 Å². The van der Waals surface area contributed by atoms with E-state index in [0.29, 0.717) is 0 Å². The van der Waals surface area contributed by atoms with Crippen molar-refractivity contribution in [2.45, 2.75) is 110 Å². The van der Waals surface area contributed by atoms with Gasteiger partial charge >= 0.3 is 0 Å². The van der Waals surface area contributed by atoms with Crippen molar-refractivity contribution in [3.8, 4) is 6.07 Å². The molecule has 0 aromatic rings. The zero-order valence-electron chi connectivity index (χ0n) is 17.9. The molecule has 0 bridgehead atoms. The Hall–Kier alpha value is -1.03. The molecular formula is C26H43N. The molecule has 0 N–H and O–H groups in total. The molecule has 0 aliphatic heterocycles. The molecule has 2 saturated carbocycles. The number of hydrogen-bond donors (Lipinski definition) is 0. The first kappa shape index (κ1) is 22.3. The molecule has 0 radical (unpaired) electrons. The third-order valence-electron chi connectivity index (χ3n) is 7.39. The van der Waals surface area contributed by atoms with Gasteiger partial charge < -0.3 is 0 Å². The van der Waals surface area contributed by atoms with Gasteiger partial charge in [-0.15, -0.1) is 0 Å². The summed E-state index contributed by atoms with van der Waals surface area (Å²) in [5, 5.41) is 8.57. The predicted octanol–water partition coefficient (Wildman–Crippen LogP) is 8.38. The molecule has 0 heterocycles. The molecule has 2 rings (SSSR count). The highest BCUT2D eigenvalue weighted by Crippen LogP contribution is 2.42. The molecule has 27 heavy (non-hydrogen) atoms. The summed E-state index contributed by atoms with van der Waals surface area (Å²) >= 11 is 0. The summed E-state index contributed by atoms with van der Waals surface area (Å²) in [4.78, 5) is 0. The Balaban J connectivity index is 1.59. The standard InChI is InChI=1S/C26H43N/c1-3-4-5-6-8-11-23-13-17-25(18-14-23)22(2)26-19-15-24(16-20-26)12-9-7-10-21-27/h7,10,23-26H,2-6,8-9,11-20H2,1H3/b10-7+/t23-,24-,25-,26-. The Labute approximate surface area is 169 Å². The molecule has 2 fully saturated rings. The second kappa shape index (κ2) is 13.2. The Morgan fingerprint density at radius 2 is 1.41 bits per heavy atom. The fourth-order valence-electron chi connectivity index (χ4n) is 5.48. The van der Waals surface area contributed by atoms with Gasteiger partial charge in [0.2, 0.25) is 0 Å². The lowest BCUT2D eigenvalue weighted by Gasteiger charge is -2.36. The Bertz CT molecular complexity index is 467. The lowest BCUT2D eigenvalue weighted by molar-refractivity contribution is 0.239. The summed E-state index contributed by atoms with van der Waals surface area (Å²) in [7, 11) is 0. The molecule has 1 heteroatoms. The molecule has 2 aliphatic carbocycles. The van der Waals surface area contributed by atoms with Crippen molar-refractivity contribution in [2.24, 2.45) is 23.7 Å². The van der Waals surface area contributed by atoms with E-state index in [2.05, 4.69) is 19.6 Å². The van der Waals surface area contributed by atoms with Crippen LogP contribution in [0.25, 0.3) is 0 Å². The minimum Gasteiger partial charge on any atom is -0.193 e. The molecule has 152 valence electrons. The predicted molar refractivity (Wildman–Crippen MR) is 117 cm³/mol.